The number of benzene rings is 1. The van der Waals surface area contributed by atoms with Gasteiger partial charge in [0.25, 0.3) is 0 Å². The van der Waals surface area contributed by atoms with Crippen molar-refractivity contribution in [1.82, 2.24) is 0 Å². The Balaban J connectivity index is 1.92. The molecule has 2 fully saturated rings. The lowest BCUT2D eigenvalue weighted by molar-refractivity contribution is -0.142. The van der Waals surface area contributed by atoms with E-state index in [4.69, 9.17) is 4.74 Å². The Bertz CT molecular complexity index is 466. The molecule has 16 heavy (non-hydrogen) atoms. The Morgan fingerprint density at radius 1 is 1.06 bits per heavy atom. The zero-order chi connectivity index (χ0) is 10.7. The van der Waals surface area contributed by atoms with Gasteiger partial charge in [0, 0.05) is 5.92 Å². The maximum Gasteiger partial charge on any atom is 0.310 e. The third-order valence-corrected chi connectivity index (χ3v) is 4.69. The van der Waals surface area contributed by atoms with E-state index < -0.39 is 0 Å². The molecule has 2 heteroatoms. The molecule has 1 aromatic carbocycles. The molecule has 1 saturated heterocycles. The number of esters is 1. The van der Waals surface area contributed by atoms with Crippen LogP contribution in [0.25, 0.3) is 0 Å². The molecule has 82 valence electrons. The zero-order valence-corrected chi connectivity index (χ0v) is 9.06. The average Bonchev–Trinajstić information content (AvgIpc) is 2.74. The van der Waals surface area contributed by atoms with E-state index >= 15 is 0 Å². The summed E-state index contributed by atoms with van der Waals surface area (Å²) >= 11 is 0. The van der Waals surface area contributed by atoms with Crippen LogP contribution in [0.4, 0.5) is 0 Å². The minimum absolute atomic E-state index is 0.0502. The number of hydrogen-bond donors (Lipinski definition) is 0. The third-order valence-electron chi connectivity index (χ3n) is 4.69. The second-order valence-electron chi connectivity index (χ2n) is 5.24. The highest BCUT2D eigenvalue weighted by Crippen LogP contribution is 2.57. The van der Waals surface area contributed by atoms with Gasteiger partial charge < -0.3 is 4.74 Å². The summed E-state index contributed by atoms with van der Waals surface area (Å²) in [7, 11) is 0. The first-order chi connectivity index (χ1) is 7.86. The van der Waals surface area contributed by atoms with Crippen molar-refractivity contribution in [3.63, 3.8) is 0 Å². The summed E-state index contributed by atoms with van der Waals surface area (Å²) in [4.78, 5) is 11.8. The lowest BCUT2D eigenvalue weighted by atomic mass is 9.57. The first-order valence-corrected chi connectivity index (χ1v) is 6.12. The summed E-state index contributed by atoms with van der Waals surface area (Å²) in [6, 6.07) is 8.65. The Morgan fingerprint density at radius 2 is 1.75 bits per heavy atom. The molecule has 0 spiro atoms. The number of cyclic esters (lactones) is 1. The standard InChI is InChI=1S/C14H14O2/c15-14-13-11-6-5-10(12(13)7-16-14)8-3-1-2-4-9(8)11/h1-4,10-13H,5-7H2/t10-,11+,12+,13-/m0/s1. The first kappa shape index (κ1) is 8.80. The van der Waals surface area contributed by atoms with Crippen LogP contribution in [0.1, 0.15) is 35.8 Å². The molecule has 1 heterocycles. The molecule has 4 atom stereocenters. The van der Waals surface area contributed by atoms with Gasteiger partial charge in [-0.25, -0.2) is 0 Å². The molecule has 2 nitrogen and oxygen atoms in total. The quantitative estimate of drug-likeness (QED) is 0.620. The molecular weight excluding hydrogens is 200 g/mol. The van der Waals surface area contributed by atoms with Crippen molar-refractivity contribution < 1.29 is 9.53 Å². The maximum absolute atomic E-state index is 11.8. The monoisotopic (exact) mass is 214 g/mol. The molecule has 1 aromatic rings. The zero-order valence-electron chi connectivity index (χ0n) is 9.06. The van der Waals surface area contributed by atoms with E-state index in [1.54, 1.807) is 0 Å². The molecule has 0 aromatic heterocycles. The SMILES string of the molecule is O=C1OC[C@H]2[C@@H]1[C@@H]1CC[C@H]2c2ccccc21. The lowest BCUT2D eigenvalue weighted by Gasteiger charge is -2.44. The Morgan fingerprint density at radius 3 is 2.56 bits per heavy atom. The van der Waals surface area contributed by atoms with Crippen LogP contribution in [0, 0.1) is 11.8 Å². The number of carbonyl (C=O) groups is 1. The highest BCUT2D eigenvalue weighted by Gasteiger charge is 2.53. The van der Waals surface area contributed by atoms with Crippen molar-refractivity contribution >= 4 is 5.97 Å². The fourth-order valence-corrected chi connectivity index (χ4v) is 4.06. The molecule has 0 unspecified atom stereocenters. The molecule has 4 aliphatic rings. The highest BCUT2D eigenvalue weighted by atomic mass is 16.5. The molecule has 1 aliphatic heterocycles. The van der Waals surface area contributed by atoms with E-state index in [0.717, 1.165) is 6.42 Å². The van der Waals surface area contributed by atoms with Crippen molar-refractivity contribution in [2.24, 2.45) is 11.8 Å². The van der Waals surface area contributed by atoms with E-state index in [0.29, 0.717) is 24.4 Å². The largest absolute Gasteiger partial charge is 0.465 e. The number of carbonyl (C=O) groups excluding carboxylic acids is 1. The van der Waals surface area contributed by atoms with Crippen LogP contribution in [0.2, 0.25) is 0 Å². The second kappa shape index (κ2) is 2.88. The number of hydrogen-bond acceptors (Lipinski definition) is 2. The summed E-state index contributed by atoms with van der Waals surface area (Å²) in [5.41, 5.74) is 2.90. The van der Waals surface area contributed by atoms with Gasteiger partial charge in [-0.1, -0.05) is 24.3 Å². The molecule has 3 aliphatic carbocycles. The van der Waals surface area contributed by atoms with E-state index in [2.05, 4.69) is 24.3 Å². The number of rotatable bonds is 0. The normalized spacial score (nSPS) is 39.1. The Labute approximate surface area is 94.6 Å². The van der Waals surface area contributed by atoms with Crippen LogP contribution < -0.4 is 0 Å². The van der Waals surface area contributed by atoms with Gasteiger partial charge in [0.05, 0.1) is 12.5 Å². The van der Waals surface area contributed by atoms with Crippen LogP contribution in [0.3, 0.4) is 0 Å². The third kappa shape index (κ3) is 0.909. The molecular formula is C14H14O2. The van der Waals surface area contributed by atoms with Crippen LogP contribution in [0.5, 0.6) is 0 Å². The smallest absolute Gasteiger partial charge is 0.310 e. The summed E-state index contributed by atoms with van der Waals surface area (Å²) in [6.07, 6.45) is 2.40. The highest BCUT2D eigenvalue weighted by molar-refractivity contribution is 5.77. The number of ether oxygens (including phenoxy) is 1. The topological polar surface area (TPSA) is 26.3 Å². The number of fused-ring (bicyclic) bond motifs is 1. The average molecular weight is 214 g/mol. The van der Waals surface area contributed by atoms with Crippen molar-refractivity contribution in [3.8, 4) is 0 Å². The first-order valence-electron chi connectivity index (χ1n) is 6.12. The minimum Gasteiger partial charge on any atom is -0.465 e. The minimum atomic E-state index is 0.0502. The van der Waals surface area contributed by atoms with Crippen LogP contribution in [-0.2, 0) is 9.53 Å². The van der Waals surface area contributed by atoms with Crippen molar-refractivity contribution in [3.05, 3.63) is 35.4 Å². The fourth-order valence-electron chi connectivity index (χ4n) is 4.06. The van der Waals surface area contributed by atoms with Gasteiger partial charge in [-0.05, 0) is 35.8 Å². The van der Waals surface area contributed by atoms with Crippen LogP contribution in [0.15, 0.2) is 24.3 Å². The van der Waals surface area contributed by atoms with Crippen LogP contribution in [-0.4, -0.2) is 12.6 Å². The summed E-state index contributed by atoms with van der Waals surface area (Å²) in [6.45, 7) is 0.652. The summed E-state index contributed by atoms with van der Waals surface area (Å²) in [5.74, 6) is 1.67. The van der Waals surface area contributed by atoms with Gasteiger partial charge in [-0.15, -0.1) is 0 Å². The van der Waals surface area contributed by atoms with E-state index in [9.17, 15) is 4.79 Å². The predicted molar refractivity (Wildman–Crippen MR) is 59.1 cm³/mol. The summed E-state index contributed by atoms with van der Waals surface area (Å²) < 4.78 is 5.27. The predicted octanol–water partition coefficient (Wildman–Crippen LogP) is 2.45. The molecule has 0 N–H and O–H groups in total. The Hall–Kier alpha value is -1.31. The van der Waals surface area contributed by atoms with Crippen molar-refractivity contribution in [2.75, 3.05) is 6.61 Å². The van der Waals surface area contributed by atoms with Gasteiger partial charge in [-0.3, -0.25) is 4.79 Å². The van der Waals surface area contributed by atoms with E-state index in [-0.39, 0.29) is 11.9 Å². The van der Waals surface area contributed by atoms with Crippen molar-refractivity contribution in [1.29, 1.82) is 0 Å². The molecule has 0 radical (unpaired) electrons. The van der Waals surface area contributed by atoms with E-state index in [1.165, 1.54) is 17.5 Å². The van der Waals surface area contributed by atoms with Gasteiger partial charge in [-0.2, -0.15) is 0 Å². The van der Waals surface area contributed by atoms with Crippen molar-refractivity contribution in [2.45, 2.75) is 24.7 Å². The van der Waals surface area contributed by atoms with E-state index in [1.807, 2.05) is 0 Å². The van der Waals surface area contributed by atoms with Gasteiger partial charge in [0.2, 0.25) is 0 Å². The fraction of sp³-hybridized carbons (Fsp3) is 0.500. The molecule has 0 amide bonds. The summed E-state index contributed by atoms with van der Waals surface area (Å²) in [5, 5.41) is 0. The van der Waals surface area contributed by atoms with Gasteiger partial charge in [0.15, 0.2) is 0 Å². The second-order valence-corrected chi connectivity index (χ2v) is 5.24. The molecule has 5 rings (SSSR count). The van der Waals surface area contributed by atoms with Crippen LogP contribution >= 0.6 is 0 Å². The maximum atomic E-state index is 11.8. The van der Waals surface area contributed by atoms with Gasteiger partial charge in [0.1, 0.15) is 0 Å². The molecule has 1 saturated carbocycles. The molecule has 2 bridgehead atoms. The van der Waals surface area contributed by atoms with Gasteiger partial charge >= 0.3 is 5.97 Å². The Kier molecular flexibility index (Phi) is 1.58. The lowest BCUT2D eigenvalue weighted by Crippen LogP contribution is -2.38.